The van der Waals surface area contributed by atoms with E-state index in [0.717, 1.165) is 29.7 Å². The summed E-state index contributed by atoms with van der Waals surface area (Å²) in [6.07, 6.45) is 1.59. The first kappa shape index (κ1) is 19.3. The Kier molecular flexibility index (Phi) is 4.40. The van der Waals surface area contributed by atoms with Crippen molar-refractivity contribution in [1.29, 1.82) is 0 Å². The van der Waals surface area contributed by atoms with Gasteiger partial charge >= 0.3 is 0 Å². The number of carbonyl (C=O) groups is 2. The summed E-state index contributed by atoms with van der Waals surface area (Å²) in [6.45, 7) is 2.74. The minimum Gasteiger partial charge on any atom is -0.464 e. The molecule has 160 valence electrons. The second kappa shape index (κ2) is 7.31. The first-order valence-corrected chi connectivity index (χ1v) is 11.1. The highest BCUT2D eigenvalue weighted by Crippen LogP contribution is 2.45. The Morgan fingerprint density at radius 2 is 1.69 bits per heavy atom. The smallest absolute Gasteiger partial charge is 0.204 e. The Balaban J connectivity index is 1.46. The molecular formula is C27H23NO4. The lowest BCUT2D eigenvalue weighted by Gasteiger charge is -2.42. The molecule has 32 heavy (non-hydrogen) atoms. The summed E-state index contributed by atoms with van der Waals surface area (Å²) in [5, 5.41) is 3.64. The summed E-state index contributed by atoms with van der Waals surface area (Å²) in [7, 11) is 0. The normalized spacial score (nSPS) is 23.3. The van der Waals surface area contributed by atoms with Gasteiger partial charge in [0.2, 0.25) is 6.29 Å². The van der Waals surface area contributed by atoms with E-state index in [9.17, 15) is 9.59 Å². The number of ether oxygens (including phenoxy) is 2. The van der Waals surface area contributed by atoms with Crippen LogP contribution >= 0.6 is 0 Å². The lowest BCUT2D eigenvalue weighted by atomic mass is 9.81. The molecule has 3 aromatic rings. The largest absolute Gasteiger partial charge is 0.464 e. The molecule has 5 nitrogen and oxygen atoms in total. The number of benzene rings is 3. The lowest BCUT2D eigenvalue weighted by Crippen LogP contribution is -2.43. The van der Waals surface area contributed by atoms with E-state index in [4.69, 9.17) is 9.47 Å². The predicted molar refractivity (Wildman–Crippen MR) is 120 cm³/mol. The van der Waals surface area contributed by atoms with Crippen LogP contribution in [0, 0.1) is 12.8 Å². The molecule has 0 amide bonds. The van der Waals surface area contributed by atoms with Crippen molar-refractivity contribution in [3.63, 3.8) is 0 Å². The van der Waals surface area contributed by atoms with Gasteiger partial charge in [-0.15, -0.1) is 0 Å². The summed E-state index contributed by atoms with van der Waals surface area (Å²) < 4.78 is 12.1. The zero-order valence-electron chi connectivity index (χ0n) is 17.8. The zero-order chi connectivity index (χ0) is 21.8. The summed E-state index contributed by atoms with van der Waals surface area (Å²) in [6, 6.07) is 18.6. The predicted octanol–water partition coefficient (Wildman–Crippen LogP) is 5.07. The van der Waals surface area contributed by atoms with Crippen LogP contribution in [0.5, 0.6) is 5.75 Å². The maximum Gasteiger partial charge on any atom is 0.204 e. The maximum atomic E-state index is 13.5. The van der Waals surface area contributed by atoms with Gasteiger partial charge in [-0.25, -0.2) is 0 Å². The van der Waals surface area contributed by atoms with E-state index in [1.807, 2.05) is 24.3 Å². The fourth-order valence-electron chi connectivity index (χ4n) is 5.22. The van der Waals surface area contributed by atoms with Gasteiger partial charge in [0, 0.05) is 33.9 Å². The highest BCUT2D eigenvalue weighted by molar-refractivity contribution is 6.30. The van der Waals surface area contributed by atoms with Crippen LogP contribution in [0.15, 0.2) is 60.7 Å². The molecule has 2 heterocycles. The second-order valence-corrected chi connectivity index (χ2v) is 8.76. The molecule has 5 heteroatoms. The van der Waals surface area contributed by atoms with E-state index < -0.39 is 0 Å². The number of anilines is 1. The Bertz CT molecular complexity index is 1260. The van der Waals surface area contributed by atoms with Crippen LogP contribution < -0.4 is 10.1 Å². The monoisotopic (exact) mass is 425 g/mol. The molecule has 2 aliphatic heterocycles. The molecule has 1 aliphatic carbocycles. The van der Waals surface area contributed by atoms with Gasteiger partial charge in [-0.05, 0) is 31.9 Å². The summed E-state index contributed by atoms with van der Waals surface area (Å²) in [5.74, 6) is 0.677. The van der Waals surface area contributed by atoms with E-state index in [-0.39, 0.29) is 29.8 Å². The molecule has 1 N–H and O–H groups in total. The Morgan fingerprint density at radius 1 is 0.906 bits per heavy atom. The van der Waals surface area contributed by atoms with Gasteiger partial charge in [-0.2, -0.15) is 0 Å². The van der Waals surface area contributed by atoms with Gasteiger partial charge in [0.25, 0.3) is 0 Å². The van der Waals surface area contributed by atoms with E-state index in [2.05, 4.69) is 18.3 Å². The van der Waals surface area contributed by atoms with Gasteiger partial charge in [-0.3, -0.25) is 9.59 Å². The van der Waals surface area contributed by atoms with Crippen molar-refractivity contribution in [2.75, 3.05) is 11.9 Å². The SMILES string of the molecule is Cc1ccc2c(c1)[C@@H](Nc1cccc3c1C(=O)c1ccccc1C3=O)[C@H]1CCCO[C@H]1O2. The molecule has 0 unspecified atom stereocenters. The molecule has 0 spiro atoms. The number of rotatable bonds is 2. The van der Waals surface area contributed by atoms with Crippen molar-refractivity contribution >= 4 is 17.3 Å². The van der Waals surface area contributed by atoms with Crippen molar-refractivity contribution in [3.05, 3.63) is 94.0 Å². The van der Waals surface area contributed by atoms with Crippen LogP contribution in [0.4, 0.5) is 5.69 Å². The van der Waals surface area contributed by atoms with E-state index in [1.165, 1.54) is 0 Å². The Hall–Kier alpha value is -3.44. The highest BCUT2D eigenvalue weighted by Gasteiger charge is 2.42. The van der Waals surface area contributed by atoms with Crippen LogP contribution in [-0.4, -0.2) is 24.5 Å². The summed E-state index contributed by atoms with van der Waals surface area (Å²) in [4.78, 5) is 26.6. The van der Waals surface area contributed by atoms with Crippen molar-refractivity contribution in [3.8, 4) is 5.75 Å². The molecule has 3 aromatic carbocycles. The Labute approximate surface area is 186 Å². The number of carbonyl (C=O) groups excluding carboxylic acids is 2. The topological polar surface area (TPSA) is 64.6 Å². The molecule has 3 aliphatic rings. The highest BCUT2D eigenvalue weighted by atomic mass is 16.7. The van der Waals surface area contributed by atoms with Gasteiger partial charge < -0.3 is 14.8 Å². The van der Waals surface area contributed by atoms with Crippen molar-refractivity contribution < 1.29 is 19.1 Å². The molecule has 1 fully saturated rings. The van der Waals surface area contributed by atoms with Crippen molar-refractivity contribution in [2.24, 2.45) is 5.92 Å². The van der Waals surface area contributed by atoms with Gasteiger partial charge in [0.05, 0.1) is 18.2 Å². The first-order valence-electron chi connectivity index (χ1n) is 11.1. The van der Waals surface area contributed by atoms with Gasteiger partial charge in [0.1, 0.15) is 5.75 Å². The quantitative estimate of drug-likeness (QED) is 0.486. The molecule has 3 atom stereocenters. The lowest BCUT2D eigenvalue weighted by molar-refractivity contribution is -0.154. The number of hydrogen-bond donors (Lipinski definition) is 1. The fourth-order valence-corrected chi connectivity index (χ4v) is 5.22. The minimum absolute atomic E-state index is 0.0875. The fraction of sp³-hybridized carbons (Fsp3) is 0.259. The summed E-state index contributed by atoms with van der Waals surface area (Å²) in [5.41, 5.74) is 4.71. The van der Waals surface area contributed by atoms with Crippen LogP contribution in [0.25, 0.3) is 0 Å². The summed E-state index contributed by atoms with van der Waals surface area (Å²) >= 11 is 0. The maximum absolute atomic E-state index is 13.5. The molecule has 0 saturated carbocycles. The number of aryl methyl sites for hydroxylation is 1. The molecule has 1 saturated heterocycles. The minimum atomic E-state index is -0.325. The van der Waals surface area contributed by atoms with E-state index in [1.54, 1.807) is 30.3 Å². The molecule has 0 radical (unpaired) electrons. The van der Waals surface area contributed by atoms with E-state index >= 15 is 0 Å². The number of ketones is 2. The molecule has 0 bridgehead atoms. The number of nitrogens with one attached hydrogen (secondary N) is 1. The van der Waals surface area contributed by atoms with Gasteiger partial charge in [0.15, 0.2) is 11.6 Å². The van der Waals surface area contributed by atoms with Crippen LogP contribution in [-0.2, 0) is 4.74 Å². The van der Waals surface area contributed by atoms with Crippen molar-refractivity contribution in [1.82, 2.24) is 0 Å². The molecule has 0 aromatic heterocycles. The average molecular weight is 425 g/mol. The zero-order valence-corrected chi connectivity index (χ0v) is 17.8. The first-order chi connectivity index (χ1) is 15.6. The van der Waals surface area contributed by atoms with Crippen molar-refractivity contribution in [2.45, 2.75) is 32.1 Å². The third kappa shape index (κ3) is 2.88. The third-order valence-electron chi connectivity index (χ3n) is 6.75. The molecular weight excluding hydrogens is 402 g/mol. The molecule has 6 rings (SSSR count). The standard InChI is InChI=1S/C27H23NO4/c1-15-11-12-22-20(14-15)24(19-9-5-13-31-27(19)32-22)28-21-10-4-8-18-23(21)26(30)17-7-3-2-6-16(17)25(18)29/h2-4,6-8,10-12,14,19,24,27-28H,5,9,13H2,1H3/t19-,24+,27+/m1/s1. The Morgan fingerprint density at radius 3 is 2.53 bits per heavy atom. The van der Waals surface area contributed by atoms with Crippen LogP contribution in [0.2, 0.25) is 0 Å². The van der Waals surface area contributed by atoms with Gasteiger partial charge in [-0.1, -0.05) is 54.1 Å². The third-order valence-corrected chi connectivity index (χ3v) is 6.75. The van der Waals surface area contributed by atoms with Crippen LogP contribution in [0.3, 0.4) is 0 Å². The van der Waals surface area contributed by atoms with E-state index in [0.29, 0.717) is 34.5 Å². The van der Waals surface area contributed by atoms with Crippen LogP contribution in [0.1, 0.15) is 61.9 Å². The second-order valence-electron chi connectivity index (χ2n) is 8.76. The average Bonchev–Trinajstić information content (AvgIpc) is 2.82. The number of hydrogen-bond acceptors (Lipinski definition) is 5. The number of fused-ring (bicyclic) bond motifs is 4.